The van der Waals surface area contributed by atoms with Crippen LogP contribution in [0.3, 0.4) is 0 Å². The third-order valence-electron chi connectivity index (χ3n) is 2.97. The monoisotopic (exact) mass is 301 g/mol. The van der Waals surface area contributed by atoms with Gasteiger partial charge >= 0.3 is 0 Å². The Morgan fingerprint density at radius 3 is 2.58 bits per heavy atom. The molecule has 1 saturated heterocycles. The summed E-state index contributed by atoms with van der Waals surface area (Å²) in [5, 5.41) is 0.606. The summed E-state index contributed by atoms with van der Waals surface area (Å²) in [6, 6.07) is 8.47. The van der Waals surface area contributed by atoms with Crippen LogP contribution in [0, 0.1) is 0 Å². The normalized spacial score (nSPS) is 17.5. The van der Waals surface area contributed by atoms with Crippen LogP contribution in [-0.2, 0) is 14.8 Å². The van der Waals surface area contributed by atoms with Gasteiger partial charge in [-0.2, -0.15) is 11.8 Å². The van der Waals surface area contributed by atoms with Crippen molar-refractivity contribution in [2.24, 2.45) is 0 Å². The number of rotatable bonds is 6. The molecule has 1 N–H and O–H groups in total. The first-order valence-corrected chi connectivity index (χ1v) is 8.96. The lowest BCUT2D eigenvalue weighted by molar-refractivity contribution is 0.100. The van der Waals surface area contributed by atoms with Crippen molar-refractivity contribution >= 4 is 21.8 Å². The van der Waals surface area contributed by atoms with Gasteiger partial charge in [-0.3, -0.25) is 0 Å². The van der Waals surface area contributed by atoms with E-state index in [0.717, 1.165) is 31.8 Å². The maximum Gasteiger partial charge on any atom is 0.240 e. The molecule has 0 aromatic heterocycles. The van der Waals surface area contributed by atoms with E-state index < -0.39 is 10.0 Å². The third-order valence-corrected chi connectivity index (χ3v) is 5.83. The van der Waals surface area contributed by atoms with Crippen LogP contribution in [0.4, 0.5) is 0 Å². The van der Waals surface area contributed by atoms with Crippen molar-refractivity contribution in [2.45, 2.75) is 23.0 Å². The number of hydrogen-bond acceptors (Lipinski definition) is 4. The zero-order chi connectivity index (χ0) is 13.6. The molecule has 19 heavy (non-hydrogen) atoms. The van der Waals surface area contributed by atoms with Gasteiger partial charge < -0.3 is 4.74 Å². The second-order valence-electron chi connectivity index (χ2n) is 4.39. The van der Waals surface area contributed by atoms with Gasteiger partial charge in [-0.25, -0.2) is 13.1 Å². The summed E-state index contributed by atoms with van der Waals surface area (Å²) in [7, 11) is -3.35. The lowest BCUT2D eigenvalue weighted by atomic mass is 10.2. The first-order chi connectivity index (χ1) is 9.18. The quantitative estimate of drug-likeness (QED) is 0.815. The Morgan fingerprint density at radius 2 is 1.89 bits per heavy atom. The highest BCUT2D eigenvalue weighted by Gasteiger charge is 2.15. The fraction of sp³-hybridized carbons (Fsp3) is 0.538. The van der Waals surface area contributed by atoms with E-state index in [-0.39, 0.29) is 0 Å². The van der Waals surface area contributed by atoms with Crippen molar-refractivity contribution in [1.29, 1.82) is 0 Å². The van der Waals surface area contributed by atoms with Crippen LogP contribution >= 0.6 is 11.8 Å². The highest BCUT2D eigenvalue weighted by Crippen LogP contribution is 2.21. The Balaban J connectivity index is 1.73. The van der Waals surface area contributed by atoms with Crippen LogP contribution in [0.5, 0.6) is 0 Å². The molecule has 2 rings (SSSR count). The minimum Gasteiger partial charge on any atom is -0.381 e. The van der Waals surface area contributed by atoms with Gasteiger partial charge in [0, 0.05) is 30.8 Å². The van der Waals surface area contributed by atoms with Crippen molar-refractivity contribution in [3.8, 4) is 0 Å². The Morgan fingerprint density at radius 1 is 1.21 bits per heavy atom. The summed E-state index contributed by atoms with van der Waals surface area (Å²) in [4.78, 5) is 0.325. The fourth-order valence-corrected chi connectivity index (χ4v) is 4.19. The van der Waals surface area contributed by atoms with Gasteiger partial charge in [0.05, 0.1) is 4.90 Å². The SMILES string of the molecule is O=S(=O)(NCCSC1CCOCC1)c1ccccc1. The van der Waals surface area contributed by atoms with Gasteiger partial charge in [-0.15, -0.1) is 0 Å². The van der Waals surface area contributed by atoms with Gasteiger partial charge in [-0.05, 0) is 25.0 Å². The average Bonchev–Trinajstić information content (AvgIpc) is 2.46. The maximum absolute atomic E-state index is 11.9. The van der Waals surface area contributed by atoms with Gasteiger partial charge in [0.25, 0.3) is 0 Å². The van der Waals surface area contributed by atoms with Crippen molar-refractivity contribution in [2.75, 3.05) is 25.5 Å². The summed E-state index contributed by atoms with van der Waals surface area (Å²) in [6.07, 6.45) is 2.13. The highest BCUT2D eigenvalue weighted by atomic mass is 32.2. The number of ether oxygens (including phenoxy) is 1. The molecule has 0 amide bonds. The Hall–Kier alpha value is -0.560. The van der Waals surface area contributed by atoms with E-state index in [4.69, 9.17) is 4.74 Å². The van der Waals surface area contributed by atoms with E-state index in [1.54, 1.807) is 30.3 Å². The summed E-state index contributed by atoms with van der Waals surface area (Å²) in [6.45, 7) is 2.13. The zero-order valence-corrected chi connectivity index (χ0v) is 12.4. The van der Waals surface area contributed by atoms with Gasteiger partial charge in [-0.1, -0.05) is 18.2 Å². The molecule has 0 radical (unpaired) electrons. The first-order valence-electron chi connectivity index (χ1n) is 6.42. The van der Waals surface area contributed by atoms with Gasteiger partial charge in [0.15, 0.2) is 0 Å². The third kappa shape index (κ3) is 4.80. The van der Waals surface area contributed by atoms with Crippen LogP contribution in [0.25, 0.3) is 0 Å². The number of hydrogen-bond donors (Lipinski definition) is 1. The van der Waals surface area contributed by atoms with Crippen LogP contribution in [-0.4, -0.2) is 39.2 Å². The number of thioether (sulfide) groups is 1. The molecular weight excluding hydrogens is 282 g/mol. The second kappa shape index (κ2) is 7.28. The summed E-state index contributed by atoms with van der Waals surface area (Å²) >= 11 is 1.83. The molecule has 106 valence electrons. The summed E-state index contributed by atoms with van der Waals surface area (Å²) in [5.41, 5.74) is 0. The van der Waals surface area contributed by atoms with Crippen molar-refractivity contribution in [3.05, 3.63) is 30.3 Å². The first kappa shape index (κ1) is 14.8. The van der Waals surface area contributed by atoms with Crippen LogP contribution < -0.4 is 4.72 Å². The fourth-order valence-electron chi connectivity index (χ4n) is 1.93. The summed E-state index contributed by atoms with van der Waals surface area (Å²) in [5.74, 6) is 0.802. The predicted octanol–water partition coefficient (Wildman–Crippen LogP) is 1.88. The molecule has 0 saturated carbocycles. The molecule has 1 fully saturated rings. The molecule has 0 atom stereocenters. The minimum atomic E-state index is -3.35. The van der Waals surface area contributed by atoms with E-state index in [1.165, 1.54) is 0 Å². The Bertz CT molecular complexity index is 470. The standard InChI is InChI=1S/C13H19NO3S2/c15-19(16,13-4-2-1-3-5-13)14-8-11-18-12-6-9-17-10-7-12/h1-5,12,14H,6-11H2. The molecule has 6 heteroatoms. The van der Waals surface area contributed by atoms with Crippen molar-refractivity contribution in [3.63, 3.8) is 0 Å². The number of sulfonamides is 1. The maximum atomic E-state index is 11.9. The molecule has 1 heterocycles. The summed E-state index contributed by atoms with van der Waals surface area (Å²) < 4.78 is 31.8. The zero-order valence-electron chi connectivity index (χ0n) is 10.7. The van der Waals surface area contributed by atoms with E-state index >= 15 is 0 Å². The van der Waals surface area contributed by atoms with Crippen molar-refractivity contribution < 1.29 is 13.2 Å². The molecule has 0 unspecified atom stereocenters. The molecule has 1 aliphatic rings. The molecule has 1 aromatic carbocycles. The molecule has 0 spiro atoms. The average molecular weight is 301 g/mol. The van der Waals surface area contributed by atoms with Gasteiger partial charge in [0.1, 0.15) is 0 Å². The molecule has 1 aromatic rings. The Labute approximate surface area is 119 Å². The van der Waals surface area contributed by atoms with Crippen LogP contribution in [0.1, 0.15) is 12.8 Å². The topological polar surface area (TPSA) is 55.4 Å². The lowest BCUT2D eigenvalue weighted by Crippen LogP contribution is -2.27. The van der Waals surface area contributed by atoms with Crippen molar-refractivity contribution in [1.82, 2.24) is 4.72 Å². The smallest absolute Gasteiger partial charge is 0.240 e. The largest absolute Gasteiger partial charge is 0.381 e. The minimum absolute atomic E-state index is 0.325. The number of nitrogens with one attached hydrogen (secondary N) is 1. The number of benzene rings is 1. The predicted molar refractivity (Wildman–Crippen MR) is 77.9 cm³/mol. The van der Waals surface area contributed by atoms with E-state index in [1.807, 2.05) is 11.8 Å². The van der Waals surface area contributed by atoms with E-state index in [0.29, 0.717) is 16.7 Å². The molecular formula is C13H19NO3S2. The van der Waals surface area contributed by atoms with Gasteiger partial charge in [0.2, 0.25) is 10.0 Å². The Kier molecular flexibility index (Phi) is 5.69. The van der Waals surface area contributed by atoms with Crippen LogP contribution in [0.15, 0.2) is 35.2 Å². The molecule has 1 aliphatic heterocycles. The van der Waals surface area contributed by atoms with E-state index in [9.17, 15) is 8.42 Å². The lowest BCUT2D eigenvalue weighted by Gasteiger charge is -2.21. The molecule has 0 aliphatic carbocycles. The highest BCUT2D eigenvalue weighted by molar-refractivity contribution is 8.00. The molecule has 0 bridgehead atoms. The second-order valence-corrected chi connectivity index (χ2v) is 7.57. The van der Waals surface area contributed by atoms with E-state index in [2.05, 4.69) is 4.72 Å². The van der Waals surface area contributed by atoms with Crippen LogP contribution in [0.2, 0.25) is 0 Å². The molecule has 4 nitrogen and oxygen atoms in total.